The molecule has 53 heavy (non-hydrogen) atoms. The van der Waals surface area contributed by atoms with Crippen LogP contribution in [0.2, 0.25) is 0 Å². The molecule has 0 spiro atoms. The summed E-state index contributed by atoms with van der Waals surface area (Å²) in [6.07, 6.45) is 0. The van der Waals surface area contributed by atoms with E-state index in [9.17, 15) is 0 Å². The van der Waals surface area contributed by atoms with Crippen LogP contribution in [0, 0.1) is 0 Å². The summed E-state index contributed by atoms with van der Waals surface area (Å²) in [5, 5.41) is 2.18. The highest BCUT2D eigenvalue weighted by molar-refractivity contribution is 6.05. The molecule has 10 rings (SSSR count). The molecule has 0 aliphatic heterocycles. The van der Waals surface area contributed by atoms with Gasteiger partial charge in [-0.25, -0.2) is 4.98 Å². The minimum atomic E-state index is -0.0512. The molecule has 0 unspecified atom stereocenters. The van der Waals surface area contributed by atoms with E-state index >= 15 is 0 Å². The van der Waals surface area contributed by atoms with Crippen LogP contribution in [0.3, 0.4) is 0 Å². The Kier molecular flexibility index (Phi) is 7.16. The Bertz CT molecular complexity index is 2800. The van der Waals surface area contributed by atoms with Gasteiger partial charge >= 0.3 is 0 Å². The number of oxazole rings is 1. The van der Waals surface area contributed by atoms with Crippen LogP contribution >= 0.6 is 0 Å². The molecule has 0 bridgehead atoms. The maximum atomic E-state index is 6.40. The lowest BCUT2D eigenvalue weighted by molar-refractivity contribution is 0.623. The monoisotopic (exact) mass is 680 g/mol. The van der Waals surface area contributed by atoms with Gasteiger partial charge in [-0.3, -0.25) is 0 Å². The van der Waals surface area contributed by atoms with Crippen molar-refractivity contribution in [2.75, 3.05) is 4.90 Å². The molecular formula is C50H36N2O. The van der Waals surface area contributed by atoms with Gasteiger partial charge in [0.15, 0.2) is 5.58 Å². The van der Waals surface area contributed by atoms with Crippen molar-refractivity contribution >= 4 is 38.9 Å². The molecule has 0 saturated carbocycles. The molecule has 3 nitrogen and oxygen atoms in total. The lowest BCUT2D eigenvalue weighted by Gasteiger charge is -2.28. The van der Waals surface area contributed by atoms with Gasteiger partial charge in [-0.1, -0.05) is 135 Å². The van der Waals surface area contributed by atoms with E-state index in [0.717, 1.165) is 55.6 Å². The van der Waals surface area contributed by atoms with Crippen molar-refractivity contribution in [2.45, 2.75) is 19.3 Å². The van der Waals surface area contributed by atoms with Gasteiger partial charge in [-0.05, 0) is 111 Å². The minimum absolute atomic E-state index is 0.0512. The Morgan fingerprint density at radius 1 is 0.453 bits per heavy atom. The first kappa shape index (κ1) is 31.1. The first-order chi connectivity index (χ1) is 26.0. The summed E-state index contributed by atoms with van der Waals surface area (Å²) in [6, 6.07) is 65.1. The van der Waals surface area contributed by atoms with Gasteiger partial charge in [-0.2, -0.15) is 0 Å². The van der Waals surface area contributed by atoms with Gasteiger partial charge in [0.2, 0.25) is 5.89 Å². The summed E-state index contributed by atoms with van der Waals surface area (Å²) in [4.78, 5) is 7.20. The third-order valence-electron chi connectivity index (χ3n) is 10.9. The molecule has 0 N–H and O–H groups in total. The summed E-state index contributed by atoms with van der Waals surface area (Å²) in [7, 11) is 0. The van der Waals surface area contributed by atoms with E-state index in [2.05, 4.69) is 164 Å². The van der Waals surface area contributed by atoms with Crippen LogP contribution in [0.15, 0.2) is 186 Å². The largest absolute Gasteiger partial charge is 0.435 e. The van der Waals surface area contributed by atoms with Crippen molar-refractivity contribution in [3.63, 3.8) is 0 Å². The van der Waals surface area contributed by atoms with Crippen molar-refractivity contribution in [2.24, 2.45) is 0 Å². The average Bonchev–Trinajstić information content (AvgIpc) is 3.76. The number of anilines is 3. The van der Waals surface area contributed by atoms with Crippen LogP contribution in [0.25, 0.3) is 66.7 Å². The standard InChI is InChI=1S/C50H36N2O/c1-50(2)45-19-10-9-18-42(45)44-32-41(27-28-46(44)50)52(40-17-11-16-37(30-40)33-12-5-3-6-13-33)39-25-22-34(23-26-39)38-21-20-35-24-29-47-48(43(35)31-38)53-49(51-47)36-14-7-4-8-15-36/h3-32H,1-2H3. The SMILES string of the molecule is CC1(C)c2ccccc2-c2cc(N(c3ccc(-c4ccc5ccc6nc(-c7ccccc7)oc6c5c4)cc3)c3cccc(-c4ccccc4)c3)ccc21. The summed E-state index contributed by atoms with van der Waals surface area (Å²) in [5.41, 5.74) is 15.9. The van der Waals surface area contributed by atoms with Gasteiger partial charge in [0.1, 0.15) is 5.52 Å². The number of hydrogen-bond acceptors (Lipinski definition) is 3. The van der Waals surface area contributed by atoms with Gasteiger partial charge < -0.3 is 9.32 Å². The molecule has 1 aromatic heterocycles. The minimum Gasteiger partial charge on any atom is -0.435 e. The zero-order valence-corrected chi connectivity index (χ0v) is 29.6. The fourth-order valence-corrected chi connectivity index (χ4v) is 8.14. The van der Waals surface area contributed by atoms with E-state index in [1.165, 1.54) is 33.4 Å². The molecule has 9 aromatic rings. The lowest BCUT2D eigenvalue weighted by Crippen LogP contribution is -2.15. The number of rotatable bonds is 6. The van der Waals surface area contributed by atoms with E-state index < -0.39 is 0 Å². The number of nitrogens with zero attached hydrogens (tertiary/aromatic N) is 2. The second-order valence-electron chi connectivity index (χ2n) is 14.4. The number of benzene rings is 8. The second kappa shape index (κ2) is 12.2. The van der Waals surface area contributed by atoms with Crippen molar-refractivity contribution in [1.82, 2.24) is 4.98 Å². The van der Waals surface area contributed by atoms with Gasteiger partial charge in [0, 0.05) is 33.4 Å². The maximum absolute atomic E-state index is 6.40. The fourth-order valence-electron chi connectivity index (χ4n) is 8.14. The van der Waals surface area contributed by atoms with Crippen LogP contribution in [-0.4, -0.2) is 4.98 Å². The van der Waals surface area contributed by atoms with Crippen LogP contribution in [0.4, 0.5) is 17.1 Å². The van der Waals surface area contributed by atoms with Crippen LogP contribution < -0.4 is 4.90 Å². The molecule has 0 atom stereocenters. The first-order valence-corrected chi connectivity index (χ1v) is 18.2. The Morgan fingerprint density at radius 2 is 1.06 bits per heavy atom. The van der Waals surface area contributed by atoms with Gasteiger partial charge in [0.25, 0.3) is 0 Å². The van der Waals surface area contributed by atoms with Crippen LogP contribution in [0.1, 0.15) is 25.0 Å². The Morgan fingerprint density at radius 3 is 1.87 bits per heavy atom. The molecule has 252 valence electrons. The van der Waals surface area contributed by atoms with Crippen molar-refractivity contribution in [3.8, 4) is 44.8 Å². The zero-order chi connectivity index (χ0) is 35.5. The smallest absolute Gasteiger partial charge is 0.227 e. The number of fused-ring (bicyclic) bond motifs is 6. The van der Waals surface area contributed by atoms with E-state index in [0.29, 0.717) is 5.89 Å². The van der Waals surface area contributed by atoms with Gasteiger partial charge in [-0.15, -0.1) is 0 Å². The summed E-state index contributed by atoms with van der Waals surface area (Å²) in [6.45, 7) is 4.67. The number of aromatic nitrogens is 1. The summed E-state index contributed by atoms with van der Waals surface area (Å²) >= 11 is 0. The van der Waals surface area contributed by atoms with E-state index in [1.807, 2.05) is 36.4 Å². The molecule has 1 aliphatic carbocycles. The predicted molar refractivity (Wildman–Crippen MR) is 220 cm³/mol. The predicted octanol–water partition coefficient (Wildman–Crippen LogP) is 13.8. The van der Waals surface area contributed by atoms with Crippen LogP contribution in [0.5, 0.6) is 0 Å². The molecular weight excluding hydrogens is 645 g/mol. The van der Waals surface area contributed by atoms with Crippen molar-refractivity contribution in [1.29, 1.82) is 0 Å². The Labute approximate surface area is 309 Å². The Balaban J connectivity index is 1.08. The fraction of sp³-hybridized carbons (Fsp3) is 0.0600. The zero-order valence-electron chi connectivity index (χ0n) is 29.6. The second-order valence-corrected chi connectivity index (χ2v) is 14.4. The number of hydrogen-bond donors (Lipinski definition) is 0. The summed E-state index contributed by atoms with van der Waals surface area (Å²) < 4.78 is 6.40. The van der Waals surface area contributed by atoms with Crippen LogP contribution in [-0.2, 0) is 5.41 Å². The highest BCUT2D eigenvalue weighted by atomic mass is 16.3. The average molecular weight is 681 g/mol. The third-order valence-corrected chi connectivity index (χ3v) is 10.9. The molecule has 3 heteroatoms. The molecule has 0 fully saturated rings. The van der Waals surface area contributed by atoms with Gasteiger partial charge in [0.05, 0.1) is 0 Å². The van der Waals surface area contributed by atoms with E-state index in [1.54, 1.807) is 0 Å². The first-order valence-electron chi connectivity index (χ1n) is 18.2. The quantitative estimate of drug-likeness (QED) is 0.175. The molecule has 1 aliphatic rings. The normalized spacial score (nSPS) is 12.9. The van der Waals surface area contributed by atoms with E-state index in [4.69, 9.17) is 9.40 Å². The highest BCUT2D eigenvalue weighted by Crippen LogP contribution is 2.50. The Hall–Kier alpha value is -6.71. The van der Waals surface area contributed by atoms with E-state index in [-0.39, 0.29) is 5.41 Å². The molecule has 0 radical (unpaired) electrons. The molecule has 0 saturated heterocycles. The topological polar surface area (TPSA) is 29.3 Å². The third kappa shape index (κ3) is 5.24. The lowest BCUT2D eigenvalue weighted by atomic mass is 9.82. The summed E-state index contributed by atoms with van der Waals surface area (Å²) in [5.74, 6) is 0.637. The molecule has 0 amide bonds. The molecule has 8 aromatic carbocycles. The molecule has 1 heterocycles. The van der Waals surface area contributed by atoms with Crippen molar-refractivity contribution in [3.05, 3.63) is 193 Å². The van der Waals surface area contributed by atoms with Crippen molar-refractivity contribution < 1.29 is 4.42 Å². The highest BCUT2D eigenvalue weighted by Gasteiger charge is 2.35. The maximum Gasteiger partial charge on any atom is 0.227 e.